The van der Waals surface area contributed by atoms with Gasteiger partial charge in [0, 0.05) is 11.6 Å². The lowest BCUT2D eigenvalue weighted by Gasteiger charge is -2.05. The predicted octanol–water partition coefficient (Wildman–Crippen LogP) is 4.06. The molecule has 2 nitrogen and oxygen atoms in total. The van der Waals surface area contributed by atoms with E-state index >= 15 is 0 Å². The number of hydrogen-bond donors (Lipinski definition) is 1. The molecule has 0 fully saturated rings. The summed E-state index contributed by atoms with van der Waals surface area (Å²) in [6.07, 6.45) is 0. The largest absolute Gasteiger partial charge is 0.460 e. The lowest BCUT2D eigenvalue weighted by atomic mass is 10.1. The van der Waals surface area contributed by atoms with Crippen molar-refractivity contribution in [3.8, 4) is 11.3 Å². The maximum absolute atomic E-state index is 5.87. The van der Waals surface area contributed by atoms with Gasteiger partial charge in [0.15, 0.2) is 0 Å². The van der Waals surface area contributed by atoms with E-state index in [9.17, 15) is 0 Å². The third-order valence-corrected chi connectivity index (χ3v) is 2.85. The molecular weight excluding hydrogens is 222 g/mol. The van der Waals surface area contributed by atoms with Crippen molar-refractivity contribution in [2.24, 2.45) is 0 Å². The van der Waals surface area contributed by atoms with Gasteiger partial charge in [0.1, 0.15) is 11.5 Å². The molecule has 1 N–H and O–H groups in total. The summed E-state index contributed by atoms with van der Waals surface area (Å²) in [6, 6.07) is 11.1. The van der Waals surface area contributed by atoms with Crippen molar-refractivity contribution in [2.75, 3.05) is 0 Å². The van der Waals surface area contributed by atoms with Gasteiger partial charge < -0.3 is 9.73 Å². The van der Waals surface area contributed by atoms with Crippen molar-refractivity contribution in [3.63, 3.8) is 0 Å². The molecular formula is C16H21NO. The minimum absolute atomic E-state index is 0.472. The van der Waals surface area contributed by atoms with Crippen molar-refractivity contribution >= 4 is 0 Å². The van der Waals surface area contributed by atoms with Crippen LogP contribution >= 0.6 is 0 Å². The van der Waals surface area contributed by atoms with E-state index < -0.39 is 0 Å². The van der Waals surface area contributed by atoms with E-state index in [0.717, 1.165) is 23.6 Å². The summed E-state index contributed by atoms with van der Waals surface area (Å²) in [5, 5.41) is 3.36. The molecule has 0 radical (unpaired) electrons. The highest BCUT2D eigenvalue weighted by molar-refractivity contribution is 5.59. The second-order valence-electron chi connectivity index (χ2n) is 5.18. The first kappa shape index (κ1) is 12.9. The lowest BCUT2D eigenvalue weighted by molar-refractivity contribution is 0.473. The molecule has 2 rings (SSSR count). The van der Waals surface area contributed by atoms with E-state index in [1.54, 1.807) is 0 Å². The predicted molar refractivity (Wildman–Crippen MR) is 75.6 cm³/mol. The SMILES string of the molecule is Cc1cc(C)cc(-c2ccc(CNC(C)C)o2)c1. The number of rotatable bonds is 4. The highest BCUT2D eigenvalue weighted by Gasteiger charge is 2.06. The molecule has 0 aliphatic heterocycles. The number of furan rings is 1. The Morgan fingerprint density at radius 3 is 2.33 bits per heavy atom. The molecule has 0 aliphatic rings. The number of hydrogen-bond acceptors (Lipinski definition) is 2. The molecule has 0 atom stereocenters. The monoisotopic (exact) mass is 243 g/mol. The molecule has 0 bridgehead atoms. The van der Waals surface area contributed by atoms with Gasteiger partial charge in [0.2, 0.25) is 0 Å². The van der Waals surface area contributed by atoms with Crippen LogP contribution in [0.15, 0.2) is 34.7 Å². The topological polar surface area (TPSA) is 25.2 Å². The molecule has 0 saturated carbocycles. The van der Waals surface area contributed by atoms with Gasteiger partial charge in [-0.25, -0.2) is 0 Å². The van der Waals surface area contributed by atoms with Gasteiger partial charge in [-0.3, -0.25) is 0 Å². The zero-order chi connectivity index (χ0) is 13.1. The Morgan fingerprint density at radius 2 is 1.72 bits per heavy atom. The Balaban J connectivity index is 2.18. The third-order valence-electron chi connectivity index (χ3n) is 2.85. The summed E-state index contributed by atoms with van der Waals surface area (Å²) in [5.41, 5.74) is 3.69. The maximum Gasteiger partial charge on any atom is 0.134 e. The van der Waals surface area contributed by atoms with Gasteiger partial charge in [0.05, 0.1) is 6.54 Å². The highest BCUT2D eigenvalue weighted by Crippen LogP contribution is 2.24. The Hall–Kier alpha value is -1.54. The lowest BCUT2D eigenvalue weighted by Crippen LogP contribution is -2.21. The average molecular weight is 243 g/mol. The quantitative estimate of drug-likeness (QED) is 0.876. The third kappa shape index (κ3) is 3.23. The molecule has 0 aliphatic carbocycles. The van der Waals surface area contributed by atoms with Gasteiger partial charge >= 0.3 is 0 Å². The maximum atomic E-state index is 5.87. The molecule has 0 saturated heterocycles. The van der Waals surface area contributed by atoms with Crippen LogP contribution in [0, 0.1) is 13.8 Å². The normalized spacial score (nSPS) is 11.2. The number of benzene rings is 1. The molecule has 0 spiro atoms. The molecule has 1 heterocycles. The van der Waals surface area contributed by atoms with E-state index in [1.807, 2.05) is 12.1 Å². The summed E-state index contributed by atoms with van der Waals surface area (Å²) < 4.78 is 5.87. The summed E-state index contributed by atoms with van der Waals surface area (Å²) in [7, 11) is 0. The van der Waals surface area contributed by atoms with Crippen molar-refractivity contribution in [3.05, 3.63) is 47.2 Å². The van der Waals surface area contributed by atoms with Crippen LogP contribution in [0.1, 0.15) is 30.7 Å². The number of nitrogens with one attached hydrogen (secondary N) is 1. The van der Waals surface area contributed by atoms with E-state index in [0.29, 0.717) is 6.04 Å². The van der Waals surface area contributed by atoms with Gasteiger partial charge in [-0.15, -0.1) is 0 Å². The smallest absolute Gasteiger partial charge is 0.134 e. The van der Waals surface area contributed by atoms with Crippen LogP contribution in [-0.2, 0) is 6.54 Å². The minimum Gasteiger partial charge on any atom is -0.460 e. The van der Waals surface area contributed by atoms with Crippen LogP contribution in [-0.4, -0.2) is 6.04 Å². The van der Waals surface area contributed by atoms with E-state index in [2.05, 4.69) is 51.2 Å². The Morgan fingerprint density at radius 1 is 1.06 bits per heavy atom. The van der Waals surface area contributed by atoms with Crippen LogP contribution in [0.2, 0.25) is 0 Å². The molecule has 96 valence electrons. The van der Waals surface area contributed by atoms with Crippen LogP contribution in [0.3, 0.4) is 0 Å². The van der Waals surface area contributed by atoms with E-state index in [-0.39, 0.29) is 0 Å². The number of aryl methyl sites for hydroxylation is 2. The summed E-state index contributed by atoms with van der Waals surface area (Å²) in [5.74, 6) is 1.93. The van der Waals surface area contributed by atoms with Crippen molar-refractivity contribution < 1.29 is 4.42 Å². The molecule has 0 amide bonds. The van der Waals surface area contributed by atoms with Crippen LogP contribution in [0.25, 0.3) is 11.3 Å². The first-order valence-electron chi connectivity index (χ1n) is 6.45. The first-order chi connectivity index (χ1) is 8.54. The molecule has 2 heteroatoms. The van der Waals surface area contributed by atoms with Crippen molar-refractivity contribution in [1.29, 1.82) is 0 Å². The van der Waals surface area contributed by atoms with E-state index in [4.69, 9.17) is 4.42 Å². The van der Waals surface area contributed by atoms with Crippen LogP contribution in [0.5, 0.6) is 0 Å². The summed E-state index contributed by atoms with van der Waals surface area (Å²) in [4.78, 5) is 0. The second-order valence-corrected chi connectivity index (χ2v) is 5.18. The molecule has 0 unspecified atom stereocenters. The van der Waals surface area contributed by atoms with Gasteiger partial charge in [0.25, 0.3) is 0 Å². The van der Waals surface area contributed by atoms with Crippen LogP contribution < -0.4 is 5.32 Å². The fraction of sp³-hybridized carbons (Fsp3) is 0.375. The summed E-state index contributed by atoms with van der Waals surface area (Å²) >= 11 is 0. The zero-order valence-corrected chi connectivity index (χ0v) is 11.6. The Bertz CT molecular complexity index is 505. The van der Waals surface area contributed by atoms with Gasteiger partial charge in [-0.05, 0) is 38.1 Å². The van der Waals surface area contributed by atoms with Crippen molar-refractivity contribution in [1.82, 2.24) is 5.32 Å². The van der Waals surface area contributed by atoms with Crippen LogP contribution in [0.4, 0.5) is 0 Å². The molecule has 1 aromatic carbocycles. The molecule has 2 aromatic rings. The fourth-order valence-corrected chi connectivity index (χ4v) is 2.05. The van der Waals surface area contributed by atoms with Gasteiger partial charge in [-0.1, -0.05) is 31.0 Å². The summed E-state index contributed by atoms with van der Waals surface area (Å²) in [6.45, 7) is 9.27. The van der Waals surface area contributed by atoms with E-state index in [1.165, 1.54) is 11.1 Å². The Kier molecular flexibility index (Phi) is 3.87. The standard InChI is InChI=1S/C16H21NO/c1-11(2)17-10-15-5-6-16(18-15)14-8-12(3)7-13(4)9-14/h5-9,11,17H,10H2,1-4H3. The average Bonchev–Trinajstić information content (AvgIpc) is 2.73. The second kappa shape index (κ2) is 5.40. The first-order valence-corrected chi connectivity index (χ1v) is 6.45. The zero-order valence-electron chi connectivity index (χ0n) is 11.6. The van der Waals surface area contributed by atoms with Crippen molar-refractivity contribution in [2.45, 2.75) is 40.3 Å². The minimum atomic E-state index is 0.472. The molecule has 1 aromatic heterocycles. The Labute approximate surface area is 109 Å². The molecule has 18 heavy (non-hydrogen) atoms. The highest BCUT2D eigenvalue weighted by atomic mass is 16.3. The van der Waals surface area contributed by atoms with Gasteiger partial charge in [-0.2, -0.15) is 0 Å². The fourth-order valence-electron chi connectivity index (χ4n) is 2.05.